The van der Waals surface area contributed by atoms with Crippen LogP contribution in [0.15, 0.2) is 77.6 Å². The van der Waals surface area contributed by atoms with Gasteiger partial charge in [0.15, 0.2) is 0 Å². The van der Waals surface area contributed by atoms with E-state index < -0.39 is 0 Å². The molecule has 1 fully saturated rings. The van der Waals surface area contributed by atoms with E-state index in [1.807, 2.05) is 91.5 Å². The third-order valence-electron chi connectivity index (χ3n) is 7.03. The van der Waals surface area contributed by atoms with Crippen LogP contribution in [-0.4, -0.2) is 58.0 Å². The van der Waals surface area contributed by atoms with Gasteiger partial charge in [0.25, 0.3) is 11.5 Å². The van der Waals surface area contributed by atoms with E-state index in [1.54, 1.807) is 4.57 Å². The minimum absolute atomic E-state index is 0.0543. The van der Waals surface area contributed by atoms with Crippen molar-refractivity contribution in [2.24, 2.45) is 0 Å². The predicted octanol–water partition coefficient (Wildman–Crippen LogP) is 4.61. The summed E-state index contributed by atoms with van der Waals surface area (Å²) >= 11 is 0. The predicted molar refractivity (Wildman–Crippen MR) is 146 cm³/mol. The Balaban J connectivity index is 1.47. The zero-order chi connectivity index (χ0) is 25.9. The van der Waals surface area contributed by atoms with Gasteiger partial charge in [-0.3, -0.25) is 19.1 Å². The van der Waals surface area contributed by atoms with Gasteiger partial charge in [-0.05, 0) is 57.2 Å². The van der Waals surface area contributed by atoms with Gasteiger partial charge < -0.3 is 9.64 Å². The summed E-state index contributed by atoms with van der Waals surface area (Å²) in [7, 11) is 0. The van der Waals surface area contributed by atoms with Crippen LogP contribution in [-0.2, 0) is 0 Å². The summed E-state index contributed by atoms with van der Waals surface area (Å²) in [5, 5.41) is 0.568. The Hall–Kier alpha value is -3.97. The number of amides is 1. The minimum Gasteiger partial charge on any atom is -0.492 e. The number of hydrogen-bond acceptors (Lipinski definition) is 5. The Bertz CT molecular complexity index is 1470. The fourth-order valence-electron chi connectivity index (χ4n) is 4.94. The van der Waals surface area contributed by atoms with Crippen molar-refractivity contribution in [1.82, 2.24) is 19.4 Å². The van der Waals surface area contributed by atoms with Gasteiger partial charge in [-0.1, -0.05) is 42.0 Å². The summed E-state index contributed by atoms with van der Waals surface area (Å²) < 4.78 is 7.58. The number of fused-ring (bicyclic) bond motifs is 1. The fraction of sp³-hybridized carbons (Fsp3) is 0.300. The lowest BCUT2D eigenvalue weighted by molar-refractivity contribution is 0.0573. The molecule has 1 atom stereocenters. The van der Waals surface area contributed by atoms with Gasteiger partial charge in [-0.2, -0.15) is 0 Å². The largest absolute Gasteiger partial charge is 0.492 e. The number of hydrogen-bond donors (Lipinski definition) is 0. The Morgan fingerprint density at radius 3 is 2.35 bits per heavy atom. The molecule has 2 heterocycles. The molecule has 37 heavy (non-hydrogen) atoms. The molecular formula is C30H32N4O3. The highest BCUT2D eigenvalue weighted by atomic mass is 16.5. The molecule has 7 heteroatoms. The van der Waals surface area contributed by atoms with Gasteiger partial charge in [-0.25, -0.2) is 4.98 Å². The molecule has 1 aliphatic heterocycles. The second-order valence-corrected chi connectivity index (χ2v) is 9.40. The highest BCUT2D eigenvalue weighted by Crippen LogP contribution is 2.28. The van der Waals surface area contributed by atoms with E-state index >= 15 is 0 Å². The molecular weight excluding hydrogens is 464 g/mol. The first-order valence-corrected chi connectivity index (χ1v) is 12.8. The molecule has 1 amide bonds. The monoisotopic (exact) mass is 496 g/mol. The van der Waals surface area contributed by atoms with Crippen molar-refractivity contribution in [3.05, 3.63) is 100 Å². The third-order valence-corrected chi connectivity index (χ3v) is 7.03. The molecule has 1 saturated heterocycles. The van der Waals surface area contributed by atoms with Crippen LogP contribution < -0.4 is 10.3 Å². The van der Waals surface area contributed by atoms with Crippen LogP contribution in [0.3, 0.4) is 0 Å². The number of aryl methyl sites for hydroxylation is 1. The van der Waals surface area contributed by atoms with E-state index in [0.29, 0.717) is 66.5 Å². The number of aromatic nitrogens is 2. The van der Waals surface area contributed by atoms with Crippen LogP contribution in [0.2, 0.25) is 0 Å². The summed E-state index contributed by atoms with van der Waals surface area (Å²) in [5.41, 5.74) is 3.09. The number of benzene rings is 3. The van der Waals surface area contributed by atoms with Crippen LogP contribution >= 0.6 is 0 Å². The van der Waals surface area contributed by atoms with Crippen molar-refractivity contribution < 1.29 is 9.53 Å². The molecule has 190 valence electrons. The summed E-state index contributed by atoms with van der Waals surface area (Å²) in [5.74, 6) is 1.36. The molecule has 0 saturated carbocycles. The van der Waals surface area contributed by atoms with E-state index in [1.165, 1.54) is 0 Å². The van der Waals surface area contributed by atoms with E-state index in [4.69, 9.17) is 9.72 Å². The fourth-order valence-corrected chi connectivity index (χ4v) is 4.94. The SMILES string of the molecule is CCOc1ccccc1-n1c(C(C)N2CCN(C(=O)c3ccc(C)cc3)CC2)nc2ccccc2c1=O. The molecule has 0 spiro atoms. The first-order valence-electron chi connectivity index (χ1n) is 12.8. The molecule has 0 aliphatic carbocycles. The van der Waals surface area contributed by atoms with Crippen molar-refractivity contribution in [3.63, 3.8) is 0 Å². The van der Waals surface area contributed by atoms with Crippen LogP contribution in [0.1, 0.15) is 41.6 Å². The number of rotatable bonds is 6. The normalized spacial score (nSPS) is 15.1. The topological polar surface area (TPSA) is 67.7 Å². The lowest BCUT2D eigenvalue weighted by Gasteiger charge is -2.38. The number of carbonyl (C=O) groups excluding carboxylic acids is 1. The average molecular weight is 497 g/mol. The van der Waals surface area contributed by atoms with Crippen LogP contribution in [0.25, 0.3) is 16.6 Å². The average Bonchev–Trinajstić information content (AvgIpc) is 2.93. The second-order valence-electron chi connectivity index (χ2n) is 9.40. The van der Waals surface area contributed by atoms with Crippen molar-refractivity contribution >= 4 is 16.8 Å². The van der Waals surface area contributed by atoms with Crippen molar-refractivity contribution in [2.75, 3.05) is 32.8 Å². The van der Waals surface area contributed by atoms with Gasteiger partial charge in [-0.15, -0.1) is 0 Å². The quantitative estimate of drug-likeness (QED) is 0.390. The number of para-hydroxylation sites is 3. The van der Waals surface area contributed by atoms with Crippen LogP contribution in [0.4, 0.5) is 0 Å². The molecule has 4 aromatic rings. The maximum atomic E-state index is 13.8. The highest BCUT2D eigenvalue weighted by molar-refractivity contribution is 5.94. The molecule has 0 radical (unpaired) electrons. The molecule has 5 rings (SSSR count). The van der Waals surface area contributed by atoms with Gasteiger partial charge in [0.05, 0.1) is 29.2 Å². The van der Waals surface area contributed by atoms with Crippen LogP contribution in [0.5, 0.6) is 5.75 Å². The van der Waals surface area contributed by atoms with E-state index in [-0.39, 0.29) is 17.5 Å². The molecule has 1 aromatic heterocycles. The lowest BCUT2D eigenvalue weighted by atomic mass is 10.1. The van der Waals surface area contributed by atoms with Gasteiger partial charge in [0.2, 0.25) is 0 Å². The molecule has 1 unspecified atom stereocenters. The molecule has 3 aromatic carbocycles. The van der Waals surface area contributed by atoms with E-state index in [9.17, 15) is 9.59 Å². The Kier molecular flexibility index (Phi) is 7.06. The Labute approximate surface area is 216 Å². The zero-order valence-corrected chi connectivity index (χ0v) is 21.6. The van der Waals surface area contributed by atoms with Gasteiger partial charge in [0, 0.05) is 31.7 Å². The number of ether oxygens (including phenoxy) is 1. The lowest BCUT2D eigenvalue weighted by Crippen LogP contribution is -2.50. The summed E-state index contributed by atoms with van der Waals surface area (Å²) in [6.07, 6.45) is 0. The number of nitrogens with zero attached hydrogens (tertiary/aromatic N) is 4. The number of carbonyl (C=O) groups is 1. The summed E-state index contributed by atoms with van der Waals surface area (Å²) in [6.45, 7) is 9.13. The molecule has 0 bridgehead atoms. The van der Waals surface area contributed by atoms with Crippen molar-refractivity contribution in [1.29, 1.82) is 0 Å². The Morgan fingerprint density at radius 2 is 1.62 bits per heavy atom. The second kappa shape index (κ2) is 10.6. The standard InChI is InChI=1S/C30H32N4O3/c1-4-37-27-12-8-7-11-26(27)34-28(31-25-10-6-5-9-24(25)30(34)36)22(3)32-17-19-33(20-18-32)29(35)23-15-13-21(2)14-16-23/h5-16,22H,4,17-20H2,1-3H3. The van der Waals surface area contributed by atoms with Gasteiger partial charge >= 0.3 is 0 Å². The van der Waals surface area contributed by atoms with E-state index in [2.05, 4.69) is 11.8 Å². The molecule has 7 nitrogen and oxygen atoms in total. The minimum atomic E-state index is -0.149. The first-order chi connectivity index (χ1) is 18.0. The third kappa shape index (κ3) is 4.87. The smallest absolute Gasteiger partial charge is 0.266 e. The van der Waals surface area contributed by atoms with Crippen molar-refractivity contribution in [2.45, 2.75) is 26.8 Å². The molecule has 1 aliphatic rings. The highest BCUT2D eigenvalue weighted by Gasteiger charge is 2.29. The van der Waals surface area contributed by atoms with Crippen LogP contribution in [0, 0.1) is 6.92 Å². The summed E-state index contributed by atoms with van der Waals surface area (Å²) in [4.78, 5) is 36.0. The van der Waals surface area contributed by atoms with Crippen molar-refractivity contribution in [3.8, 4) is 11.4 Å². The number of piperazine rings is 1. The zero-order valence-electron chi connectivity index (χ0n) is 21.6. The summed E-state index contributed by atoms with van der Waals surface area (Å²) in [6, 6.07) is 22.6. The molecule has 0 N–H and O–H groups in total. The first kappa shape index (κ1) is 24.7. The van der Waals surface area contributed by atoms with E-state index in [0.717, 1.165) is 5.56 Å². The Morgan fingerprint density at radius 1 is 0.946 bits per heavy atom. The maximum absolute atomic E-state index is 13.8. The maximum Gasteiger partial charge on any atom is 0.266 e. The van der Waals surface area contributed by atoms with Gasteiger partial charge in [0.1, 0.15) is 11.6 Å².